The summed E-state index contributed by atoms with van der Waals surface area (Å²) in [7, 11) is 0. The fraction of sp³-hybridized carbons (Fsp3) is 0.444. The normalized spacial score (nSPS) is 18.5. The Labute approximate surface area is 154 Å². The van der Waals surface area contributed by atoms with Crippen LogP contribution in [-0.2, 0) is 14.3 Å². The number of amides is 1. The molecule has 2 heterocycles. The summed E-state index contributed by atoms with van der Waals surface area (Å²) in [5, 5.41) is 4.72. The summed E-state index contributed by atoms with van der Waals surface area (Å²) >= 11 is 1.21. The molecule has 2 atom stereocenters. The van der Waals surface area contributed by atoms with E-state index in [0.29, 0.717) is 23.0 Å². The summed E-state index contributed by atoms with van der Waals surface area (Å²) in [6, 6.07) is 3.56. The molecule has 0 aliphatic carbocycles. The molecule has 1 saturated heterocycles. The molecule has 1 N–H and O–H groups in total. The minimum Gasteiger partial charge on any atom is -0.376 e. The maximum Gasteiger partial charge on any atom is 0.254 e. The van der Waals surface area contributed by atoms with Crippen LogP contribution in [0.15, 0.2) is 23.6 Å². The second-order valence-corrected chi connectivity index (χ2v) is 6.98. The molecule has 0 spiro atoms. The van der Waals surface area contributed by atoms with Crippen molar-refractivity contribution in [2.75, 3.05) is 18.5 Å². The molecular formula is C18H20F2N2O3S. The molecule has 26 heavy (non-hydrogen) atoms. The fourth-order valence-electron chi connectivity index (χ4n) is 2.59. The van der Waals surface area contributed by atoms with E-state index in [9.17, 15) is 13.6 Å². The van der Waals surface area contributed by atoms with Gasteiger partial charge in [-0.3, -0.25) is 10.1 Å². The highest BCUT2D eigenvalue weighted by molar-refractivity contribution is 7.14. The number of carbonyl (C=O) groups is 1. The predicted molar refractivity (Wildman–Crippen MR) is 95.1 cm³/mol. The summed E-state index contributed by atoms with van der Waals surface area (Å²) < 4.78 is 37.5. The van der Waals surface area contributed by atoms with E-state index in [0.717, 1.165) is 38.0 Å². The van der Waals surface area contributed by atoms with Crippen molar-refractivity contribution >= 4 is 22.4 Å². The highest BCUT2D eigenvalue weighted by Crippen LogP contribution is 2.26. The molecule has 1 aliphatic rings. The van der Waals surface area contributed by atoms with Crippen molar-refractivity contribution in [3.05, 3.63) is 35.2 Å². The molecule has 1 aromatic carbocycles. The number of halogens is 2. The Morgan fingerprint density at radius 2 is 2.27 bits per heavy atom. The van der Waals surface area contributed by atoms with E-state index in [2.05, 4.69) is 10.3 Å². The van der Waals surface area contributed by atoms with Gasteiger partial charge in [0.1, 0.15) is 6.10 Å². The topological polar surface area (TPSA) is 60.5 Å². The molecule has 1 amide bonds. The number of rotatable bonds is 6. The first-order chi connectivity index (χ1) is 12.5. The van der Waals surface area contributed by atoms with Gasteiger partial charge >= 0.3 is 0 Å². The average molecular weight is 382 g/mol. The number of nitrogens with one attached hydrogen (secondary N) is 1. The van der Waals surface area contributed by atoms with Crippen LogP contribution in [0.3, 0.4) is 0 Å². The highest BCUT2D eigenvalue weighted by atomic mass is 32.1. The van der Waals surface area contributed by atoms with E-state index in [1.165, 1.54) is 17.4 Å². The third-order valence-corrected chi connectivity index (χ3v) is 4.88. The first-order valence-electron chi connectivity index (χ1n) is 8.48. The van der Waals surface area contributed by atoms with Gasteiger partial charge in [0.25, 0.3) is 5.91 Å². The average Bonchev–Trinajstić information content (AvgIpc) is 3.11. The molecule has 8 heteroatoms. The monoisotopic (exact) mass is 382 g/mol. The maximum atomic E-state index is 13.3. The van der Waals surface area contributed by atoms with Gasteiger partial charge in [0, 0.05) is 17.6 Å². The van der Waals surface area contributed by atoms with Crippen molar-refractivity contribution in [1.82, 2.24) is 4.98 Å². The number of thiazole rings is 1. The van der Waals surface area contributed by atoms with Crippen LogP contribution in [0.25, 0.3) is 11.3 Å². The summed E-state index contributed by atoms with van der Waals surface area (Å²) in [5.41, 5.74) is 0.910. The first-order valence-corrected chi connectivity index (χ1v) is 9.36. The van der Waals surface area contributed by atoms with Gasteiger partial charge in [0.15, 0.2) is 16.8 Å². The van der Waals surface area contributed by atoms with Crippen LogP contribution in [0.4, 0.5) is 13.9 Å². The number of hydrogen-bond donors (Lipinski definition) is 1. The summed E-state index contributed by atoms with van der Waals surface area (Å²) in [6.45, 7) is 2.79. The molecule has 0 saturated carbocycles. The lowest BCUT2D eigenvalue weighted by atomic mass is 10.1. The third kappa shape index (κ3) is 4.84. The van der Waals surface area contributed by atoms with E-state index < -0.39 is 17.7 Å². The Kier molecular flexibility index (Phi) is 6.29. The lowest BCUT2D eigenvalue weighted by molar-refractivity contribution is -0.130. The number of ether oxygens (including phenoxy) is 2. The number of anilines is 1. The number of carbonyl (C=O) groups excluding carboxylic acids is 1. The third-order valence-electron chi connectivity index (χ3n) is 4.13. The number of benzene rings is 1. The number of nitrogens with zero attached hydrogens (tertiary/aromatic N) is 1. The Bertz CT molecular complexity index is 763. The zero-order valence-electron chi connectivity index (χ0n) is 14.3. The summed E-state index contributed by atoms with van der Waals surface area (Å²) in [6.07, 6.45) is 2.52. The van der Waals surface area contributed by atoms with Gasteiger partial charge in [-0.2, -0.15) is 0 Å². The van der Waals surface area contributed by atoms with Crippen LogP contribution < -0.4 is 5.32 Å². The van der Waals surface area contributed by atoms with Crippen LogP contribution in [-0.4, -0.2) is 36.3 Å². The molecule has 140 valence electrons. The summed E-state index contributed by atoms with van der Waals surface area (Å²) in [5.74, 6) is -2.16. The van der Waals surface area contributed by atoms with Gasteiger partial charge in [-0.15, -0.1) is 11.3 Å². The van der Waals surface area contributed by atoms with Crippen molar-refractivity contribution < 1.29 is 23.0 Å². The minimum absolute atomic E-state index is 0.0406. The second kappa shape index (κ2) is 8.66. The van der Waals surface area contributed by atoms with Crippen molar-refractivity contribution in [2.24, 2.45) is 0 Å². The van der Waals surface area contributed by atoms with Gasteiger partial charge in [0.05, 0.1) is 18.4 Å². The van der Waals surface area contributed by atoms with E-state index in [4.69, 9.17) is 9.47 Å². The Morgan fingerprint density at radius 1 is 1.42 bits per heavy atom. The number of aromatic nitrogens is 1. The first kappa shape index (κ1) is 18.9. The molecular weight excluding hydrogens is 362 g/mol. The molecule has 0 bridgehead atoms. The maximum absolute atomic E-state index is 13.3. The predicted octanol–water partition coefficient (Wildman–Crippen LogP) is 4.00. The standard InChI is InChI=1S/C18H20F2N2O3S/c1-11(25-9-13-4-2-3-7-24-13)17(23)22-18-21-16(10-26-18)12-5-6-14(19)15(20)8-12/h5-6,8,10-11,13H,2-4,7,9H2,1H3,(H,21,22,23). The zero-order valence-corrected chi connectivity index (χ0v) is 15.2. The lowest BCUT2D eigenvalue weighted by Crippen LogP contribution is -2.32. The fourth-order valence-corrected chi connectivity index (χ4v) is 3.32. The SMILES string of the molecule is CC(OCC1CCCCO1)C(=O)Nc1nc(-c2ccc(F)c(F)c2)cs1. The largest absolute Gasteiger partial charge is 0.376 e. The van der Waals surface area contributed by atoms with Crippen LogP contribution >= 0.6 is 11.3 Å². The van der Waals surface area contributed by atoms with Crippen molar-refractivity contribution in [3.63, 3.8) is 0 Å². The molecule has 3 rings (SSSR count). The van der Waals surface area contributed by atoms with Crippen LogP contribution in [0, 0.1) is 11.6 Å². The van der Waals surface area contributed by atoms with E-state index in [-0.39, 0.29) is 12.0 Å². The minimum atomic E-state index is -0.937. The molecule has 1 fully saturated rings. The van der Waals surface area contributed by atoms with Gasteiger partial charge < -0.3 is 9.47 Å². The van der Waals surface area contributed by atoms with Crippen LogP contribution in [0.1, 0.15) is 26.2 Å². The summed E-state index contributed by atoms with van der Waals surface area (Å²) in [4.78, 5) is 16.5. The molecule has 2 aromatic rings. The molecule has 1 aromatic heterocycles. The molecule has 2 unspecified atom stereocenters. The van der Waals surface area contributed by atoms with Gasteiger partial charge in [0.2, 0.25) is 0 Å². The zero-order chi connectivity index (χ0) is 18.5. The van der Waals surface area contributed by atoms with Crippen LogP contribution in [0.5, 0.6) is 0 Å². The van der Waals surface area contributed by atoms with Crippen molar-refractivity contribution in [3.8, 4) is 11.3 Å². The van der Waals surface area contributed by atoms with Crippen molar-refractivity contribution in [1.29, 1.82) is 0 Å². The van der Waals surface area contributed by atoms with E-state index in [1.807, 2.05) is 0 Å². The van der Waals surface area contributed by atoms with Crippen LogP contribution in [0.2, 0.25) is 0 Å². The molecule has 0 radical (unpaired) electrons. The Hall–Kier alpha value is -1.90. The quantitative estimate of drug-likeness (QED) is 0.820. The van der Waals surface area contributed by atoms with Gasteiger partial charge in [-0.05, 0) is 44.4 Å². The highest BCUT2D eigenvalue weighted by Gasteiger charge is 2.20. The Balaban J connectivity index is 1.54. The van der Waals surface area contributed by atoms with Gasteiger partial charge in [-0.1, -0.05) is 0 Å². The van der Waals surface area contributed by atoms with E-state index >= 15 is 0 Å². The Morgan fingerprint density at radius 3 is 3.00 bits per heavy atom. The van der Waals surface area contributed by atoms with Gasteiger partial charge in [-0.25, -0.2) is 13.8 Å². The van der Waals surface area contributed by atoms with Crippen molar-refractivity contribution in [2.45, 2.75) is 38.4 Å². The lowest BCUT2D eigenvalue weighted by Gasteiger charge is -2.23. The molecule has 1 aliphatic heterocycles. The smallest absolute Gasteiger partial charge is 0.254 e. The second-order valence-electron chi connectivity index (χ2n) is 6.12. The number of hydrogen-bond acceptors (Lipinski definition) is 5. The van der Waals surface area contributed by atoms with E-state index in [1.54, 1.807) is 12.3 Å². The molecule has 5 nitrogen and oxygen atoms in total.